The largest absolute Gasteiger partial charge is 0.462 e. The van der Waals surface area contributed by atoms with Gasteiger partial charge >= 0.3 is 0 Å². The Morgan fingerprint density at radius 2 is 1.67 bits per heavy atom. The lowest BCUT2D eigenvalue weighted by atomic mass is 9.81. The maximum atomic E-state index is 14.2. The maximum absolute atomic E-state index is 14.2. The molecule has 0 saturated carbocycles. The summed E-state index contributed by atoms with van der Waals surface area (Å²) in [6, 6.07) is 13.5. The number of benzene rings is 1. The summed E-state index contributed by atoms with van der Waals surface area (Å²) < 4.78 is 63.5. The number of ether oxygens (including phenoxy) is 2. The molecule has 1 spiro atoms. The molecule has 7 nitrogen and oxygen atoms in total. The fourth-order valence-electron chi connectivity index (χ4n) is 3.88. The van der Waals surface area contributed by atoms with Crippen LogP contribution in [0.2, 0.25) is 0 Å². The summed E-state index contributed by atoms with van der Waals surface area (Å²) in [5.41, 5.74) is 6.87. The highest BCUT2D eigenvalue weighted by Crippen LogP contribution is 2.51. The van der Waals surface area contributed by atoms with Crippen LogP contribution in [-0.2, 0) is 10.3 Å². The third-order valence-corrected chi connectivity index (χ3v) is 6.21. The number of rotatable bonds is 1. The van der Waals surface area contributed by atoms with Crippen LogP contribution < -0.4 is 10.5 Å². The molecule has 4 aromatic rings. The Morgan fingerprint density at radius 3 is 2.31 bits per heavy atom. The number of aliphatic imine (C=N–C) groups is 1. The third kappa shape index (κ3) is 4.32. The normalized spacial score (nSPS) is 17.2. The van der Waals surface area contributed by atoms with Crippen LogP contribution in [0.3, 0.4) is 0 Å². The molecule has 12 heteroatoms. The quantitative estimate of drug-likeness (QED) is 0.184. The SMILES string of the molecule is Fc1cccc(F)n1.NC1=NC2(CO1)c1cc(-c3cccnc3F)ccc1Oc1nc(F)c(I)cc12. The molecule has 2 N–H and O–H groups in total. The summed E-state index contributed by atoms with van der Waals surface area (Å²) in [6.07, 6.45) is 1.38. The average molecular weight is 607 g/mol. The second-order valence-corrected chi connectivity index (χ2v) is 8.81. The number of aromatic nitrogens is 3. The first kappa shape index (κ1) is 23.9. The smallest absolute Gasteiger partial charge is 0.283 e. The van der Waals surface area contributed by atoms with Crippen LogP contribution in [0.4, 0.5) is 17.6 Å². The zero-order chi connectivity index (χ0) is 25.4. The predicted octanol–water partition coefficient (Wildman–Crippen LogP) is 5.08. The van der Waals surface area contributed by atoms with Crippen LogP contribution in [0.5, 0.6) is 11.6 Å². The lowest BCUT2D eigenvalue weighted by Crippen LogP contribution is -2.32. The van der Waals surface area contributed by atoms with E-state index in [1.54, 1.807) is 36.4 Å². The van der Waals surface area contributed by atoms with Gasteiger partial charge in [0, 0.05) is 17.3 Å². The van der Waals surface area contributed by atoms with Gasteiger partial charge in [0.1, 0.15) is 12.4 Å². The highest BCUT2D eigenvalue weighted by Gasteiger charge is 2.48. The molecule has 2 aliphatic heterocycles. The van der Waals surface area contributed by atoms with Crippen molar-refractivity contribution in [2.24, 2.45) is 10.7 Å². The van der Waals surface area contributed by atoms with E-state index < -0.39 is 29.3 Å². The van der Waals surface area contributed by atoms with Crippen molar-refractivity contribution < 1.29 is 27.0 Å². The van der Waals surface area contributed by atoms with E-state index in [0.717, 1.165) is 12.1 Å². The Morgan fingerprint density at radius 1 is 0.889 bits per heavy atom. The number of amidine groups is 1. The molecule has 1 aromatic carbocycles. The number of pyridine rings is 3. The summed E-state index contributed by atoms with van der Waals surface area (Å²) in [5, 5.41) is 0. The molecule has 0 aliphatic carbocycles. The van der Waals surface area contributed by atoms with Crippen molar-refractivity contribution in [1.29, 1.82) is 0 Å². The molecule has 0 amide bonds. The van der Waals surface area contributed by atoms with Crippen LogP contribution in [0, 0.1) is 27.4 Å². The predicted molar refractivity (Wildman–Crippen MR) is 129 cm³/mol. The van der Waals surface area contributed by atoms with Crippen molar-refractivity contribution in [3.05, 3.63) is 99.3 Å². The van der Waals surface area contributed by atoms with Crippen molar-refractivity contribution in [2.45, 2.75) is 5.54 Å². The minimum Gasteiger partial charge on any atom is -0.462 e. The van der Waals surface area contributed by atoms with E-state index in [1.165, 1.54) is 12.3 Å². The molecular weight excluding hydrogens is 593 g/mol. The molecule has 1 atom stereocenters. The highest BCUT2D eigenvalue weighted by atomic mass is 127. The van der Waals surface area contributed by atoms with Crippen molar-refractivity contribution >= 4 is 28.6 Å². The topological polar surface area (TPSA) is 95.5 Å². The van der Waals surface area contributed by atoms with E-state index >= 15 is 0 Å². The van der Waals surface area contributed by atoms with Crippen LogP contribution in [-0.4, -0.2) is 27.6 Å². The Hall–Kier alpha value is -3.81. The molecule has 0 fully saturated rings. The number of hydrogen-bond acceptors (Lipinski definition) is 7. The molecule has 3 aromatic heterocycles. The number of nitrogens with two attached hydrogens (primary N) is 1. The van der Waals surface area contributed by atoms with Gasteiger partial charge in [-0.25, -0.2) is 9.98 Å². The lowest BCUT2D eigenvalue weighted by molar-refractivity contribution is 0.261. The minimum atomic E-state index is -1.05. The van der Waals surface area contributed by atoms with Gasteiger partial charge in [0.05, 0.1) is 9.13 Å². The van der Waals surface area contributed by atoms with E-state index in [-0.39, 0.29) is 18.5 Å². The summed E-state index contributed by atoms with van der Waals surface area (Å²) >= 11 is 1.85. The summed E-state index contributed by atoms with van der Waals surface area (Å²) in [6.45, 7) is 0.102. The van der Waals surface area contributed by atoms with Gasteiger partial charge in [-0.3, -0.25) is 0 Å². The summed E-state index contributed by atoms with van der Waals surface area (Å²) in [4.78, 5) is 15.0. The fraction of sp³-hybridized carbons (Fsp3) is 0.0833. The van der Waals surface area contributed by atoms with Crippen LogP contribution in [0.15, 0.2) is 65.8 Å². The number of fused-ring (bicyclic) bond motifs is 4. The van der Waals surface area contributed by atoms with Gasteiger partial charge in [-0.2, -0.15) is 27.5 Å². The van der Waals surface area contributed by atoms with Crippen molar-refractivity contribution in [2.75, 3.05) is 6.61 Å². The summed E-state index contributed by atoms with van der Waals surface area (Å²) in [5.74, 6) is -2.26. The Balaban J connectivity index is 0.000000286. The fourth-order valence-corrected chi connectivity index (χ4v) is 4.31. The van der Waals surface area contributed by atoms with E-state index in [2.05, 4.69) is 19.9 Å². The Bertz CT molecular complexity index is 1500. The van der Waals surface area contributed by atoms with Gasteiger partial charge in [0.25, 0.3) is 6.02 Å². The molecule has 0 saturated heterocycles. The van der Waals surface area contributed by atoms with Gasteiger partial charge in [-0.15, -0.1) is 0 Å². The molecule has 6 rings (SSSR count). The molecule has 5 heterocycles. The van der Waals surface area contributed by atoms with E-state index in [4.69, 9.17) is 15.2 Å². The Labute approximate surface area is 215 Å². The van der Waals surface area contributed by atoms with Gasteiger partial charge < -0.3 is 15.2 Å². The summed E-state index contributed by atoms with van der Waals surface area (Å²) in [7, 11) is 0. The standard InChI is InChI=1S/C19H11F2IN4O2.C5H3F2N/c20-15-10(2-1-5-24-15)9-3-4-14-11(6-9)19(8-27-18(23)26-19)12-7-13(22)16(21)25-17(12)28-14;6-4-2-1-3-5(7)8-4/h1-7H,8H2,(H2,23,26);1-3H. The minimum absolute atomic E-state index is 0.0103. The van der Waals surface area contributed by atoms with E-state index in [9.17, 15) is 17.6 Å². The number of hydrogen-bond donors (Lipinski definition) is 1. The van der Waals surface area contributed by atoms with E-state index in [1.807, 2.05) is 22.6 Å². The molecule has 36 heavy (non-hydrogen) atoms. The second-order valence-electron chi connectivity index (χ2n) is 7.65. The molecule has 0 bridgehead atoms. The monoisotopic (exact) mass is 607 g/mol. The highest BCUT2D eigenvalue weighted by molar-refractivity contribution is 14.1. The Kier molecular flexibility index (Phi) is 6.20. The van der Waals surface area contributed by atoms with Gasteiger partial charge in [0.15, 0.2) is 5.54 Å². The molecular formula is C24H14F4IN5O2. The van der Waals surface area contributed by atoms with Crippen LogP contribution >= 0.6 is 22.6 Å². The second kappa shape index (κ2) is 9.33. The van der Waals surface area contributed by atoms with Gasteiger partial charge in [-0.1, -0.05) is 12.1 Å². The molecule has 182 valence electrons. The number of halogens is 5. The van der Waals surface area contributed by atoms with E-state index in [0.29, 0.717) is 31.6 Å². The van der Waals surface area contributed by atoms with Gasteiger partial charge in [-0.05, 0) is 70.6 Å². The zero-order valence-electron chi connectivity index (χ0n) is 18.1. The van der Waals surface area contributed by atoms with Gasteiger partial charge in [0.2, 0.25) is 29.7 Å². The van der Waals surface area contributed by atoms with Crippen molar-refractivity contribution in [3.63, 3.8) is 0 Å². The molecule has 2 aliphatic rings. The first-order valence-electron chi connectivity index (χ1n) is 10.3. The van der Waals surface area contributed by atoms with Crippen molar-refractivity contribution in [3.8, 4) is 22.8 Å². The average Bonchev–Trinajstić information content (AvgIpc) is 3.23. The third-order valence-electron chi connectivity index (χ3n) is 5.46. The molecule has 0 radical (unpaired) electrons. The maximum Gasteiger partial charge on any atom is 0.283 e. The van der Waals surface area contributed by atoms with Crippen LogP contribution in [0.1, 0.15) is 11.1 Å². The molecule has 1 unspecified atom stereocenters. The first-order chi connectivity index (χ1) is 17.3. The first-order valence-corrected chi connectivity index (χ1v) is 11.4. The number of nitrogens with zero attached hydrogens (tertiary/aromatic N) is 4. The van der Waals surface area contributed by atoms with Crippen LogP contribution in [0.25, 0.3) is 11.1 Å². The lowest BCUT2D eigenvalue weighted by Gasteiger charge is -2.33. The zero-order valence-corrected chi connectivity index (χ0v) is 20.2. The van der Waals surface area contributed by atoms with Crippen molar-refractivity contribution in [1.82, 2.24) is 15.0 Å².